The first-order valence-corrected chi connectivity index (χ1v) is 3.51. The van der Waals surface area contributed by atoms with Crippen LogP contribution in [0.2, 0.25) is 0 Å². The monoisotopic (exact) mass is 259 g/mol. The van der Waals surface area contributed by atoms with Crippen molar-refractivity contribution in [3.63, 3.8) is 0 Å². The smallest absolute Gasteiger partial charge is 0.346 e. The Morgan fingerprint density at radius 2 is 1.78 bits per heavy atom. The summed E-state index contributed by atoms with van der Waals surface area (Å²) in [6, 6.07) is 0. The summed E-state index contributed by atoms with van der Waals surface area (Å²) in [5, 5.41) is 0. The molecule has 0 atom stereocenters. The summed E-state index contributed by atoms with van der Waals surface area (Å²) in [4.78, 5) is 20.7. The average molecular weight is 261 g/mol. The molecule has 0 radical (unpaired) electrons. The molecular formula is C3H5Br2N2O2+. The zero-order valence-electron chi connectivity index (χ0n) is 4.36. The molecule has 0 rings (SSSR count). The fourth-order valence-electron chi connectivity index (χ4n) is 0.137. The minimum atomic E-state index is -1.49. The molecule has 0 aromatic rings. The Labute approximate surface area is 68.2 Å². The molecule has 0 aliphatic heterocycles. The van der Waals surface area contributed by atoms with E-state index in [1.165, 1.54) is 0 Å². The second kappa shape index (κ2) is 2.76. The fourth-order valence-corrected chi connectivity index (χ4v) is 0.137. The number of amides is 2. The van der Waals surface area contributed by atoms with Gasteiger partial charge in [-0.3, -0.25) is 10.5 Å². The second-order valence-corrected chi connectivity index (χ2v) is 4.80. The molecule has 0 saturated carbocycles. The lowest BCUT2D eigenvalue weighted by molar-refractivity contribution is -0.304. The topological polar surface area (TPSA) is 87.8 Å². The maximum atomic E-state index is 10.4. The van der Waals surface area contributed by atoms with Crippen molar-refractivity contribution in [2.45, 2.75) is 3.23 Å². The van der Waals surface area contributed by atoms with E-state index in [0.717, 1.165) is 0 Å². The largest absolute Gasteiger partial charge is 0.367 e. The van der Waals surface area contributed by atoms with Gasteiger partial charge in [0, 0.05) is 0 Å². The number of primary amides is 1. The summed E-state index contributed by atoms with van der Waals surface area (Å²) >= 11 is 5.48. The van der Waals surface area contributed by atoms with Crippen LogP contribution in [0.1, 0.15) is 0 Å². The Balaban J connectivity index is 4.38. The summed E-state index contributed by atoms with van der Waals surface area (Å²) < 4.78 is -1.49. The molecule has 0 aliphatic rings. The number of rotatable bonds is 2. The van der Waals surface area contributed by atoms with Crippen LogP contribution < -0.4 is 11.5 Å². The average Bonchev–Trinajstić information content (AvgIpc) is 1.65. The molecule has 0 heterocycles. The summed E-state index contributed by atoms with van der Waals surface area (Å²) in [6.45, 7) is 0. The highest BCUT2D eigenvalue weighted by molar-refractivity contribution is 9.26. The predicted octanol–water partition coefficient (Wildman–Crippen LogP) is -1.27. The van der Waals surface area contributed by atoms with Gasteiger partial charge in [0.05, 0.1) is 0 Å². The third kappa shape index (κ3) is 2.04. The van der Waals surface area contributed by atoms with E-state index >= 15 is 0 Å². The minimum absolute atomic E-state index is 0.616. The van der Waals surface area contributed by atoms with Crippen molar-refractivity contribution < 1.29 is 15.3 Å². The molecule has 52 valence electrons. The molecule has 9 heavy (non-hydrogen) atoms. The number of nitrogens with two attached hydrogens (primary N) is 1. The van der Waals surface area contributed by atoms with Crippen LogP contribution in [0.15, 0.2) is 0 Å². The Kier molecular flexibility index (Phi) is 2.78. The van der Waals surface area contributed by atoms with Crippen LogP contribution in [-0.4, -0.2) is 15.0 Å². The molecule has 2 amide bonds. The number of hydrogen-bond acceptors (Lipinski definition) is 2. The zero-order chi connectivity index (χ0) is 7.65. The molecule has 0 unspecified atom stereocenters. The second-order valence-electron chi connectivity index (χ2n) is 1.36. The van der Waals surface area contributed by atoms with Gasteiger partial charge in [0.25, 0.3) is 9.14 Å². The number of hydrogen-bond donors (Lipinski definition) is 2. The predicted molar refractivity (Wildman–Crippen MR) is 37.7 cm³/mol. The summed E-state index contributed by atoms with van der Waals surface area (Å²) in [5.41, 5.74) is 7.78. The lowest BCUT2D eigenvalue weighted by atomic mass is 10.4. The molecule has 0 aliphatic carbocycles. The van der Waals surface area contributed by atoms with Gasteiger partial charge in [0.1, 0.15) is 0 Å². The standard InChI is InChI=1S/C3H4Br2N2O2/c4-3(5,1(6)8)2(7)9/h(H2,6,8)(H2,7,9)/p+1. The molecule has 6 heteroatoms. The summed E-state index contributed by atoms with van der Waals surface area (Å²) in [6.07, 6.45) is 0. The molecule has 0 spiro atoms. The number of carbonyl (C=O) groups excluding carboxylic acids is 2. The van der Waals surface area contributed by atoms with Crippen molar-refractivity contribution in [3.8, 4) is 0 Å². The van der Waals surface area contributed by atoms with E-state index in [-0.39, 0.29) is 0 Å². The van der Waals surface area contributed by atoms with Gasteiger partial charge in [-0.05, 0) is 31.9 Å². The number of quaternary nitrogens is 1. The molecular weight excluding hydrogens is 256 g/mol. The van der Waals surface area contributed by atoms with Gasteiger partial charge in [-0.15, -0.1) is 0 Å². The van der Waals surface area contributed by atoms with E-state index in [9.17, 15) is 9.59 Å². The SMILES string of the molecule is NC(=O)C(Br)(Br)C([NH3+])=O. The Bertz CT molecular complexity index is 140. The van der Waals surface area contributed by atoms with Crippen LogP contribution in [0.25, 0.3) is 0 Å². The van der Waals surface area contributed by atoms with Gasteiger partial charge < -0.3 is 5.73 Å². The first-order valence-electron chi connectivity index (χ1n) is 1.93. The molecule has 4 nitrogen and oxygen atoms in total. The first-order chi connectivity index (χ1) is 3.89. The maximum absolute atomic E-state index is 10.4. The van der Waals surface area contributed by atoms with E-state index < -0.39 is 15.0 Å². The Morgan fingerprint density at radius 3 is 1.78 bits per heavy atom. The highest BCUT2D eigenvalue weighted by Gasteiger charge is 2.40. The van der Waals surface area contributed by atoms with Crippen molar-refractivity contribution in [3.05, 3.63) is 0 Å². The van der Waals surface area contributed by atoms with Crippen LogP contribution in [-0.2, 0) is 9.59 Å². The molecule has 0 aromatic carbocycles. The van der Waals surface area contributed by atoms with Crippen molar-refractivity contribution in [1.82, 2.24) is 0 Å². The van der Waals surface area contributed by atoms with Crippen LogP contribution in [0, 0.1) is 0 Å². The van der Waals surface area contributed by atoms with E-state index in [1.54, 1.807) is 0 Å². The van der Waals surface area contributed by atoms with E-state index in [4.69, 9.17) is 5.73 Å². The van der Waals surface area contributed by atoms with Crippen LogP contribution >= 0.6 is 31.9 Å². The molecule has 0 aromatic heterocycles. The van der Waals surface area contributed by atoms with Gasteiger partial charge >= 0.3 is 5.91 Å². The van der Waals surface area contributed by atoms with E-state index in [0.29, 0.717) is 0 Å². The molecule has 0 fully saturated rings. The third-order valence-corrected chi connectivity index (χ3v) is 2.33. The highest BCUT2D eigenvalue weighted by Crippen LogP contribution is 2.23. The van der Waals surface area contributed by atoms with Crippen molar-refractivity contribution in [2.75, 3.05) is 0 Å². The number of carbonyl (C=O) groups is 2. The van der Waals surface area contributed by atoms with Crippen molar-refractivity contribution in [2.24, 2.45) is 5.73 Å². The van der Waals surface area contributed by atoms with Crippen LogP contribution in [0.5, 0.6) is 0 Å². The van der Waals surface area contributed by atoms with Gasteiger partial charge in [-0.1, -0.05) is 0 Å². The minimum Gasteiger partial charge on any atom is -0.367 e. The summed E-state index contributed by atoms with van der Waals surface area (Å²) in [7, 11) is 0. The third-order valence-electron chi connectivity index (χ3n) is 0.660. The van der Waals surface area contributed by atoms with Crippen molar-refractivity contribution >= 4 is 43.7 Å². The van der Waals surface area contributed by atoms with Crippen LogP contribution in [0.3, 0.4) is 0 Å². The van der Waals surface area contributed by atoms with E-state index in [2.05, 4.69) is 37.6 Å². The Morgan fingerprint density at radius 1 is 1.44 bits per heavy atom. The van der Waals surface area contributed by atoms with Crippen LogP contribution in [0.4, 0.5) is 0 Å². The normalized spacial score (nSPS) is 11.0. The fraction of sp³-hybridized carbons (Fsp3) is 0.333. The lowest BCUT2D eigenvalue weighted by Gasteiger charge is -2.06. The quantitative estimate of drug-likeness (QED) is 0.479. The number of halogens is 2. The van der Waals surface area contributed by atoms with Gasteiger partial charge in [-0.25, -0.2) is 4.79 Å². The molecule has 0 saturated heterocycles. The first kappa shape index (κ1) is 9.06. The molecule has 5 N–H and O–H groups in total. The zero-order valence-corrected chi connectivity index (χ0v) is 7.53. The van der Waals surface area contributed by atoms with Gasteiger partial charge in [0.15, 0.2) is 0 Å². The van der Waals surface area contributed by atoms with Gasteiger partial charge in [-0.2, -0.15) is 0 Å². The maximum Gasteiger partial charge on any atom is 0.346 e. The lowest BCUT2D eigenvalue weighted by Crippen LogP contribution is -2.67. The van der Waals surface area contributed by atoms with Gasteiger partial charge in [0.2, 0.25) is 0 Å². The number of alkyl halides is 2. The Hall–Kier alpha value is 0.0600. The van der Waals surface area contributed by atoms with Crippen molar-refractivity contribution in [1.29, 1.82) is 0 Å². The van der Waals surface area contributed by atoms with E-state index in [1.807, 2.05) is 0 Å². The summed E-state index contributed by atoms with van der Waals surface area (Å²) in [5.74, 6) is -1.42. The molecule has 0 bridgehead atoms. The highest BCUT2D eigenvalue weighted by atomic mass is 79.9.